The van der Waals surface area contributed by atoms with Crippen molar-refractivity contribution >= 4 is 65.4 Å². The summed E-state index contributed by atoms with van der Waals surface area (Å²) in [5.41, 5.74) is 13.1. The summed E-state index contributed by atoms with van der Waals surface area (Å²) in [6.07, 6.45) is 0. The second-order valence-electron chi connectivity index (χ2n) is 16.0. The summed E-state index contributed by atoms with van der Waals surface area (Å²) in [6, 6.07) is 77.3. The minimum Gasteiger partial charge on any atom is -0.309 e. The molecule has 4 aromatic heterocycles. The van der Waals surface area contributed by atoms with E-state index in [1.54, 1.807) is 0 Å². The van der Waals surface area contributed by atoms with Gasteiger partial charge >= 0.3 is 0 Å². The first-order valence-electron chi connectivity index (χ1n) is 21.3. The minimum absolute atomic E-state index is 0.572. The molecule has 6 nitrogen and oxygen atoms in total. The van der Waals surface area contributed by atoms with Crippen molar-refractivity contribution in [2.45, 2.75) is 0 Å². The van der Waals surface area contributed by atoms with Crippen LogP contribution in [0.3, 0.4) is 0 Å². The maximum absolute atomic E-state index is 5.27. The quantitative estimate of drug-likeness (QED) is 0.168. The fraction of sp³-hybridized carbons (Fsp3) is 0. The Balaban J connectivity index is 1.01. The summed E-state index contributed by atoms with van der Waals surface area (Å²) in [5.74, 6) is 1.79. The lowest BCUT2D eigenvalue weighted by Crippen LogP contribution is -2.06. The number of para-hydroxylation sites is 5. The molecule has 4 heterocycles. The molecule has 0 aliphatic carbocycles. The van der Waals surface area contributed by atoms with E-state index < -0.39 is 0 Å². The predicted octanol–water partition coefficient (Wildman–Crippen LogP) is 14.2. The van der Waals surface area contributed by atoms with Crippen molar-refractivity contribution in [1.29, 1.82) is 0 Å². The Morgan fingerprint density at radius 2 is 0.683 bits per heavy atom. The third kappa shape index (κ3) is 5.48. The Bertz CT molecular complexity index is 3830. The van der Waals surface area contributed by atoms with Gasteiger partial charge in [0.05, 0.1) is 33.1 Å². The molecule has 0 radical (unpaired) electrons. The second kappa shape index (κ2) is 14.0. The number of fused-ring (bicyclic) bond motifs is 10. The van der Waals surface area contributed by atoms with Gasteiger partial charge in [-0.25, -0.2) is 4.98 Å². The zero-order chi connectivity index (χ0) is 41.4. The first-order valence-corrected chi connectivity index (χ1v) is 21.3. The van der Waals surface area contributed by atoms with Crippen LogP contribution in [0.5, 0.6) is 0 Å². The first-order chi connectivity index (χ1) is 31.3. The molecule has 0 aliphatic heterocycles. The highest BCUT2D eigenvalue weighted by molar-refractivity contribution is 6.26. The van der Waals surface area contributed by atoms with Crippen molar-refractivity contribution in [3.05, 3.63) is 218 Å². The molecule has 0 fully saturated rings. The molecule has 0 amide bonds. The lowest BCUT2D eigenvalue weighted by atomic mass is 10.0. The number of hydrogen-bond donors (Lipinski definition) is 0. The van der Waals surface area contributed by atoms with Gasteiger partial charge in [0.1, 0.15) is 0 Å². The number of rotatable bonds is 6. The zero-order valence-corrected chi connectivity index (χ0v) is 34.0. The minimum atomic E-state index is 0.572. The summed E-state index contributed by atoms with van der Waals surface area (Å²) in [7, 11) is 0. The van der Waals surface area contributed by atoms with Crippen LogP contribution in [0.4, 0.5) is 0 Å². The van der Waals surface area contributed by atoms with E-state index in [-0.39, 0.29) is 0 Å². The van der Waals surface area contributed by atoms with Gasteiger partial charge in [-0.2, -0.15) is 9.97 Å². The molecule has 0 unspecified atom stereocenters. The molecule has 0 atom stereocenters. The zero-order valence-electron chi connectivity index (χ0n) is 34.0. The summed E-state index contributed by atoms with van der Waals surface area (Å²) < 4.78 is 6.98. The Hall–Kier alpha value is -8.61. The fourth-order valence-electron chi connectivity index (χ4n) is 9.69. The van der Waals surface area contributed by atoms with Gasteiger partial charge in [0.2, 0.25) is 5.95 Å². The highest BCUT2D eigenvalue weighted by atomic mass is 15.2. The molecule has 13 aromatic rings. The van der Waals surface area contributed by atoms with E-state index >= 15 is 0 Å². The van der Waals surface area contributed by atoms with Crippen molar-refractivity contribution in [2.75, 3.05) is 0 Å². The molecule has 0 spiro atoms. The Morgan fingerprint density at radius 1 is 0.254 bits per heavy atom. The number of nitrogens with zero attached hydrogens (tertiary/aromatic N) is 6. The summed E-state index contributed by atoms with van der Waals surface area (Å²) >= 11 is 0. The van der Waals surface area contributed by atoms with Gasteiger partial charge < -0.3 is 9.13 Å². The molecule has 63 heavy (non-hydrogen) atoms. The third-order valence-corrected chi connectivity index (χ3v) is 12.5. The lowest BCUT2D eigenvalue weighted by Gasteiger charge is -2.13. The van der Waals surface area contributed by atoms with Gasteiger partial charge in [0.25, 0.3) is 0 Å². The van der Waals surface area contributed by atoms with E-state index in [1.165, 1.54) is 38.1 Å². The Morgan fingerprint density at radius 3 is 1.29 bits per heavy atom. The van der Waals surface area contributed by atoms with E-state index in [9.17, 15) is 0 Å². The van der Waals surface area contributed by atoms with E-state index in [4.69, 9.17) is 15.0 Å². The van der Waals surface area contributed by atoms with Crippen LogP contribution in [0.15, 0.2) is 218 Å². The Labute approximate surface area is 362 Å². The highest BCUT2D eigenvalue weighted by Gasteiger charge is 2.22. The third-order valence-electron chi connectivity index (χ3n) is 12.5. The summed E-state index contributed by atoms with van der Waals surface area (Å²) in [4.78, 5) is 15.7. The van der Waals surface area contributed by atoms with Gasteiger partial charge in [-0.15, -0.1) is 0 Å². The second-order valence-corrected chi connectivity index (χ2v) is 16.0. The molecule has 0 saturated heterocycles. The monoisotopic (exact) mass is 804 g/mol. The van der Waals surface area contributed by atoms with Crippen LogP contribution < -0.4 is 0 Å². The average Bonchev–Trinajstić information content (AvgIpc) is 4.00. The SMILES string of the molecule is c1ccc(-c2ccc(-c3nc(-c4ccc(-n5c6ccccc6c6ccc7c(c8ccccc8n7-c7ccccc7)c65)cc4)nc(-n4c5ccccc5c5ccccc54)n3)cc2)cc1. The standard InChI is InChI=1S/C57H36N6/c1-3-15-37(16-4-1)38-27-29-39(30-28-38)55-58-56(60-57(59-55)63-49-24-12-7-19-43(49)44-20-8-13-25-50(44)63)40-31-33-42(34-32-40)62-48-23-11-9-21-45(48)46-35-36-52-53(54(46)62)47-22-10-14-26-51(47)61(52)41-17-5-2-6-18-41/h1-36H. The molecule has 0 N–H and O–H groups in total. The highest BCUT2D eigenvalue weighted by Crippen LogP contribution is 2.42. The van der Waals surface area contributed by atoms with Crippen molar-refractivity contribution in [3.63, 3.8) is 0 Å². The van der Waals surface area contributed by atoms with Crippen molar-refractivity contribution < 1.29 is 0 Å². The number of hydrogen-bond acceptors (Lipinski definition) is 3. The van der Waals surface area contributed by atoms with Gasteiger partial charge in [-0.1, -0.05) is 152 Å². The molecule has 0 bridgehead atoms. The normalized spacial score (nSPS) is 11.8. The van der Waals surface area contributed by atoms with E-state index in [1.807, 2.05) is 6.07 Å². The van der Waals surface area contributed by atoms with Crippen LogP contribution in [0, 0.1) is 0 Å². The van der Waals surface area contributed by atoms with Crippen LogP contribution in [0.2, 0.25) is 0 Å². The Kier molecular flexibility index (Phi) is 7.80. The van der Waals surface area contributed by atoms with Crippen LogP contribution in [-0.2, 0) is 0 Å². The molecule has 13 rings (SSSR count). The fourth-order valence-corrected chi connectivity index (χ4v) is 9.69. The summed E-state index contributed by atoms with van der Waals surface area (Å²) in [6.45, 7) is 0. The van der Waals surface area contributed by atoms with Crippen molar-refractivity contribution in [3.8, 4) is 51.2 Å². The van der Waals surface area contributed by atoms with Gasteiger partial charge in [0, 0.05) is 54.8 Å². The van der Waals surface area contributed by atoms with Gasteiger partial charge in [-0.05, 0) is 77.9 Å². The molecule has 6 heteroatoms. The molecule has 0 aliphatic rings. The summed E-state index contributed by atoms with van der Waals surface area (Å²) in [5, 5.41) is 7.18. The van der Waals surface area contributed by atoms with Crippen LogP contribution in [-0.4, -0.2) is 28.7 Å². The molecular weight excluding hydrogens is 769 g/mol. The topological polar surface area (TPSA) is 53.5 Å². The van der Waals surface area contributed by atoms with Gasteiger partial charge in [-0.3, -0.25) is 4.57 Å². The molecule has 0 saturated carbocycles. The molecular formula is C57H36N6. The number of aromatic nitrogens is 6. The molecule has 9 aromatic carbocycles. The van der Waals surface area contributed by atoms with Crippen LogP contribution >= 0.6 is 0 Å². The van der Waals surface area contributed by atoms with E-state index in [0.29, 0.717) is 17.6 Å². The molecule has 294 valence electrons. The predicted molar refractivity (Wildman–Crippen MR) is 259 cm³/mol. The van der Waals surface area contributed by atoms with Crippen molar-refractivity contribution in [1.82, 2.24) is 28.7 Å². The maximum Gasteiger partial charge on any atom is 0.238 e. The van der Waals surface area contributed by atoms with E-state index in [0.717, 1.165) is 61.0 Å². The van der Waals surface area contributed by atoms with Crippen LogP contribution in [0.1, 0.15) is 0 Å². The first kappa shape index (κ1) is 35.2. The number of benzene rings is 9. The lowest BCUT2D eigenvalue weighted by molar-refractivity contribution is 0.953. The smallest absolute Gasteiger partial charge is 0.238 e. The average molecular weight is 805 g/mol. The maximum atomic E-state index is 5.27. The largest absolute Gasteiger partial charge is 0.309 e. The van der Waals surface area contributed by atoms with Crippen LogP contribution in [0.25, 0.3) is 117 Å². The van der Waals surface area contributed by atoms with Gasteiger partial charge in [0.15, 0.2) is 11.6 Å². The van der Waals surface area contributed by atoms with Crippen molar-refractivity contribution in [2.24, 2.45) is 0 Å². The van der Waals surface area contributed by atoms with E-state index in [2.05, 4.69) is 226 Å².